The number of nitrogens with zero attached hydrogens (tertiary/aromatic N) is 1. The van der Waals surface area contributed by atoms with Crippen LogP contribution >= 0.6 is 0 Å². The number of para-hydroxylation sites is 2. The highest BCUT2D eigenvalue weighted by Gasteiger charge is 2.24. The SMILES string of the molecule is CCOC(=O)NCCC(=O)N1CCC(Oc2ccccc2OCC)CC1. The molecular weight excluding hydrogens is 336 g/mol. The van der Waals surface area contributed by atoms with Crippen LogP contribution in [-0.4, -0.2) is 55.9 Å². The van der Waals surface area contributed by atoms with E-state index in [1.165, 1.54) is 0 Å². The van der Waals surface area contributed by atoms with E-state index in [4.69, 9.17) is 14.2 Å². The Morgan fingerprint density at radius 1 is 1.12 bits per heavy atom. The standard InChI is InChI=1S/C19H28N2O5/c1-3-24-16-7-5-6-8-17(16)26-15-10-13-21(14-11-15)18(22)9-12-20-19(23)25-4-2/h5-8,15H,3-4,9-14H2,1-2H3,(H,20,23). The first-order valence-corrected chi connectivity index (χ1v) is 9.20. The molecule has 0 atom stereocenters. The molecule has 7 nitrogen and oxygen atoms in total. The average Bonchev–Trinajstić information content (AvgIpc) is 2.64. The molecule has 7 heteroatoms. The molecule has 0 aromatic heterocycles. The van der Waals surface area contributed by atoms with Gasteiger partial charge in [0.25, 0.3) is 0 Å². The van der Waals surface area contributed by atoms with E-state index in [9.17, 15) is 9.59 Å². The lowest BCUT2D eigenvalue weighted by atomic mass is 10.1. The third-order valence-electron chi connectivity index (χ3n) is 4.12. The van der Waals surface area contributed by atoms with E-state index in [0.29, 0.717) is 26.3 Å². The van der Waals surface area contributed by atoms with Crippen molar-refractivity contribution in [1.82, 2.24) is 10.2 Å². The van der Waals surface area contributed by atoms with Crippen LogP contribution in [0.5, 0.6) is 11.5 Å². The number of amides is 2. The summed E-state index contributed by atoms with van der Waals surface area (Å²) in [6.45, 7) is 6.18. The van der Waals surface area contributed by atoms with Gasteiger partial charge < -0.3 is 24.4 Å². The van der Waals surface area contributed by atoms with Gasteiger partial charge in [0.2, 0.25) is 5.91 Å². The van der Waals surface area contributed by atoms with Crippen LogP contribution in [0.25, 0.3) is 0 Å². The summed E-state index contributed by atoms with van der Waals surface area (Å²) in [5.74, 6) is 1.53. The molecule has 0 radical (unpaired) electrons. The van der Waals surface area contributed by atoms with Crippen LogP contribution in [0.15, 0.2) is 24.3 Å². The van der Waals surface area contributed by atoms with Gasteiger partial charge in [-0.25, -0.2) is 4.79 Å². The number of benzene rings is 1. The Morgan fingerprint density at radius 2 is 1.81 bits per heavy atom. The molecule has 1 heterocycles. The Balaban J connectivity index is 1.73. The Kier molecular flexibility index (Phi) is 8.05. The maximum atomic E-state index is 12.2. The molecule has 1 aliphatic heterocycles. The molecule has 26 heavy (non-hydrogen) atoms. The summed E-state index contributed by atoms with van der Waals surface area (Å²) in [4.78, 5) is 25.2. The molecule has 1 saturated heterocycles. The first-order valence-electron chi connectivity index (χ1n) is 9.20. The maximum Gasteiger partial charge on any atom is 0.407 e. The van der Waals surface area contributed by atoms with Crippen molar-refractivity contribution in [3.05, 3.63) is 24.3 Å². The maximum absolute atomic E-state index is 12.2. The van der Waals surface area contributed by atoms with Crippen LogP contribution in [0.3, 0.4) is 0 Å². The second-order valence-electron chi connectivity index (χ2n) is 5.97. The Labute approximate surface area is 154 Å². The fourth-order valence-electron chi connectivity index (χ4n) is 2.84. The third-order valence-corrected chi connectivity index (χ3v) is 4.12. The predicted octanol–water partition coefficient (Wildman–Crippen LogP) is 2.59. The van der Waals surface area contributed by atoms with Crippen molar-refractivity contribution in [1.29, 1.82) is 0 Å². The Bertz CT molecular complexity index is 585. The van der Waals surface area contributed by atoms with Crippen molar-refractivity contribution < 1.29 is 23.8 Å². The number of hydrogen-bond acceptors (Lipinski definition) is 5. The second kappa shape index (κ2) is 10.5. The molecule has 2 amide bonds. The van der Waals surface area contributed by atoms with Crippen molar-refractivity contribution in [2.24, 2.45) is 0 Å². The minimum Gasteiger partial charge on any atom is -0.490 e. The lowest BCUT2D eigenvalue weighted by Crippen LogP contribution is -2.42. The first-order chi connectivity index (χ1) is 12.6. The number of rotatable bonds is 8. The van der Waals surface area contributed by atoms with Gasteiger partial charge in [0.05, 0.1) is 13.2 Å². The largest absolute Gasteiger partial charge is 0.490 e. The number of alkyl carbamates (subject to hydrolysis) is 1. The summed E-state index contributed by atoms with van der Waals surface area (Å²) in [5, 5.41) is 2.57. The molecule has 1 aliphatic rings. The Hall–Kier alpha value is -2.44. The second-order valence-corrected chi connectivity index (χ2v) is 5.97. The number of hydrogen-bond donors (Lipinski definition) is 1. The topological polar surface area (TPSA) is 77.1 Å². The highest BCUT2D eigenvalue weighted by atomic mass is 16.5. The van der Waals surface area contributed by atoms with Gasteiger partial charge in [-0.05, 0) is 26.0 Å². The van der Waals surface area contributed by atoms with Crippen LogP contribution in [0.1, 0.15) is 33.1 Å². The lowest BCUT2D eigenvalue weighted by molar-refractivity contribution is -0.132. The molecule has 1 aromatic carbocycles. The van der Waals surface area contributed by atoms with Gasteiger partial charge >= 0.3 is 6.09 Å². The zero-order valence-electron chi connectivity index (χ0n) is 15.5. The van der Waals surface area contributed by atoms with E-state index in [0.717, 1.165) is 24.3 Å². The number of ether oxygens (including phenoxy) is 3. The zero-order valence-corrected chi connectivity index (χ0v) is 15.5. The van der Waals surface area contributed by atoms with Gasteiger partial charge in [0, 0.05) is 38.9 Å². The molecule has 1 fully saturated rings. The fraction of sp³-hybridized carbons (Fsp3) is 0.579. The summed E-state index contributed by atoms with van der Waals surface area (Å²) >= 11 is 0. The van der Waals surface area contributed by atoms with E-state index in [-0.39, 0.29) is 25.0 Å². The van der Waals surface area contributed by atoms with Crippen LogP contribution < -0.4 is 14.8 Å². The highest BCUT2D eigenvalue weighted by molar-refractivity contribution is 5.77. The summed E-state index contributed by atoms with van der Waals surface area (Å²) in [6, 6.07) is 7.65. The van der Waals surface area contributed by atoms with Gasteiger partial charge in [-0.3, -0.25) is 4.79 Å². The summed E-state index contributed by atoms with van der Waals surface area (Å²) in [5.41, 5.74) is 0. The first kappa shape index (κ1) is 19.9. The van der Waals surface area contributed by atoms with E-state index in [1.807, 2.05) is 36.1 Å². The van der Waals surface area contributed by atoms with E-state index in [1.54, 1.807) is 6.92 Å². The summed E-state index contributed by atoms with van der Waals surface area (Å²) in [7, 11) is 0. The number of piperidine rings is 1. The molecular formula is C19H28N2O5. The van der Waals surface area contributed by atoms with E-state index >= 15 is 0 Å². The normalized spacial score (nSPS) is 14.6. The molecule has 0 spiro atoms. The van der Waals surface area contributed by atoms with Crippen LogP contribution in [0.2, 0.25) is 0 Å². The molecule has 1 aromatic rings. The molecule has 0 aliphatic carbocycles. The predicted molar refractivity (Wildman–Crippen MR) is 97.5 cm³/mol. The van der Waals surface area contributed by atoms with Gasteiger partial charge in [-0.1, -0.05) is 12.1 Å². The molecule has 0 bridgehead atoms. The minimum absolute atomic E-state index is 0.0370. The van der Waals surface area contributed by atoms with Crippen LogP contribution in [-0.2, 0) is 9.53 Å². The molecule has 0 saturated carbocycles. The van der Waals surface area contributed by atoms with Gasteiger partial charge in [-0.2, -0.15) is 0 Å². The van der Waals surface area contributed by atoms with E-state index < -0.39 is 6.09 Å². The minimum atomic E-state index is -0.486. The number of likely N-dealkylation sites (tertiary alicyclic amines) is 1. The Morgan fingerprint density at radius 3 is 2.46 bits per heavy atom. The quantitative estimate of drug-likeness (QED) is 0.767. The number of nitrogens with one attached hydrogen (secondary N) is 1. The van der Waals surface area contributed by atoms with Gasteiger partial charge in [-0.15, -0.1) is 0 Å². The zero-order chi connectivity index (χ0) is 18.8. The van der Waals surface area contributed by atoms with Crippen molar-refractivity contribution >= 4 is 12.0 Å². The van der Waals surface area contributed by atoms with E-state index in [2.05, 4.69) is 5.32 Å². The van der Waals surface area contributed by atoms with Crippen molar-refractivity contribution in [2.75, 3.05) is 32.8 Å². The van der Waals surface area contributed by atoms with Crippen LogP contribution in [0, 0.1) is 0 Å². The van der Waals surface area contributed by atoms with Crippen molar-refractivity contribution in [2.45, 2.75) is 39.2 Å². The monoisotopic (exact) mass is 364 g/mol. The lowest BCUT2D eigenvalue weighted by Gasteiger charge is -2.32. The van der Waals surface area contributed by atoms with Gasteiger partial charge in [0.15, 0.2) is 11.5 Å². The third kappa shape index (κ3) is 6.13. The summed E-state index contributed by atoms with van der Waals surface area (Å²) in [6.07, 6.45) is 1.41. The van der Waals surface area contributed by atoms with Crippen molar-refractivity contribution in [3.63, 3.8) is 0 Å². The molecule has 144 valence electrons. The average molecular weight is 364 g/mol. The molecule has 2 rings (SSSR count). The highest BCUT2D eigenvalue weighted by Crippen LogP contribution is 2.29. The molecule has 0 unspecified atom stereocenters. The number of carbonyl (C=O) groups excluding carboxylic acids is 2. The van der Waals surface area contributed by atoms with Crippen LogP contribution in [0.4, 0.5) is 4.79 Å². The van der Waals surface area contributed by atoms with Crippen molar-refractivity contribution in [3.8, 4) is 11.5 Å². The smallest absolute Gasteiger partial charge is 0.407 e. The fourth-order valence-corrected chi connectivity index (χ4v) is 2.84. The number of carbonyl (C=O) groups is 2. The van der Waals surface area contributed by atoms with Gasteiger partial charge in [0.1, 0.15) is 6.10 Å². The molecule has 1 N–H and O–H groups in total. The summed E-state index contributed by atoms with van der Waals surface area (Å²) < 4.78 is 16.4.